The molecule has 76 heavy (non-hydrogen) atoms. The first-order valence-electron chi connectivity index (χ1n) is 26.7. The fourth-order valence-electron chi connectivity index (χ4n) is 13.2. The molecule has 16 nitrogen and oxygen atoms in total. The third-order valence-corrected chi connectivity index (χ3v) is 20.4. The molecule has 0 saturated heterocycles. The van der Waals surface area contributed by atoms with Gasteiger partial charge in [-0.15, -0.1) is 0 Å². The Bertz CT molecular complexity index is 2910. The number of aliphatic hydroxyl groups excluding tert-OH is 2. The molecule has 4 aromatic carbocycles. The molecule has 4 aromatic rings. The van der Waals surface area contributed by atoms with Gasteiger partial charge in [0.25, 0.3) is 11.8 Å². The van der Waals surface area contributed by atoms with Crippen LogP contribution >= 0.6 is 23.2 Å². The molecule has 4 N–H and O–H groups in total. The second kappa shape index (κ2) is 21.5. The van der Waals surface area contributed by atoms with Crippen molar-refractivity contribution in [1.29, 1.82) is 0 Å². The van der Waals surface area contributed by atoms with E-state index in [2.05, 4.69) is 43.5 Å². The fraction of sp³-hybridized carbons (Fsp3) is 0.536. The molecule has 2 amide bonds. The van der Waals surface area contributed by atoms with Crippen LogP contribution in [0.15, 0.2) is 72.8 Å². The predicted molar refractivity (Wildman–Crippen MR) is 289 cm³/mol. The number of aliphatic hydroxyl groups is 2. The molecule has 408 valence electrons. The molecule has 4 bridgehead atoms. The standard InChI is InChI=1S/2C28H33ClN2O6S/c2*29-21-5-7-23-18(12-21)2-1-9-28(23)16-31-14-20-3-6-22(20)25(32)15-36-10-11-38(34,35)30-27(33)19-4-8-26(37-17-28)24(31)13-19/h2*4-5,7-8,12-13,20,22,25,32H,1-3,6,9-11,14-17H2,(H,30,33)/t20-,22+,25+,28-;20-,22+,25-,28-/m00/s1. The number of fused-ring (bicyclic) bond motifs is 8. The number of ether oxygens (including phenoxy) is 4. The molecule has 2 spiro atoms. The lowest BCUT2D eigenvalue weighted by atomic mass is 9.68. The molecule has 4 aliphatic carbocycles. The van der Waals surface area contributed by atoms with E-state index in [9.17, 15) is 36.6 Å². The van der Waals surface area contributed by atoms with Gasteiger partial charge in [0, 0.05) is 58.2 Å². The van der Waals surface area contributed by atoms with Crippen molar-refractivity contribution in [2.75, 3.05) is 87.1 Å². The largest absolute Gasteiger partial charge is 0.490 e. The molecular formula is C56H66Cl2N4O12S2. The highest BCUT2D eigenvalue weighted by Crippen LogP contribution is 2.49. The first-order valence-corrected chi connectivity index (χ1v) is 30.7. The summed E-state index contributed by atoms with van der Waals surface area (Å²) in [5.74, 6) is -0.0922. The number of rotatable bonds is 0. The minimum absolute atomic E-state index is 0.0701. The average Bonchev–Trinajstić information content (AvgIpc) is 3.71. The molecule has 8 aliphatic rings. The van der Waals surface area contributed by atoms with E-state index in [0.29, 0.717) is 50.9 Å². The SMILES string of the molecule is O=C1NS(=O)(=O)CCOC[C@@H](O)[C@@H]2CC[C@H]2CN2C[C@@]3(CCCc4cc(Cl)ccc43)COc3ccc1cc32.O=C1NS(=O)(=O)CCOC[C@H](O)[C@@H]2CC[C@H]2CN2C[C@@]3(CCCc4cc(Cl)ccc43)COc3ccc1cc32. The van der Waals surface area contributed by atoms with Crippen molar-refractivity contribution in [2.24, 2.45) is 23.7 Å². The van der Waals surface area contributed by atoms with Crippen LogP contribution in [-0.2, 0) is 53.2 Å². The number of hydrogen-bond acceptors (Lipinski definition) is 14. The van der Waals surface area contributed by atoms with Gasteiger partial charge in [0.2, 0.25) is 20.0 Å². The summed E-state index contributed by atoms with van der Waals surface area (Å²) in [5, 5.41) is 23.2. The van der Waals surface area contributed by atoms with Crippen LogP contribution in [0.25, 0.3) is 0 Å². The van der Waals surface area contributed by atoms with E-state index >= 15 is 0 Å². The van der Waals surface area contributed by atoms with Crippen molar-refractivity contribution >= 4 is 66.4 Å². The molecule has 12 rings (SSSR count). The summed E-state index contributed by atoms with van der Waals surface area (Å²) in [5.41, 5.74) is 6.55. The summed E-state index contributed by atoms with van der Waals surface area (Å²) < 4.78 is 78.3. The lowest BCUT2D eigenvalue weighted by Gasteiger charge is -2.45. The van der Waals surface area contributed by atoms with E-state index in [1.54, 1.807) is 36.4 Å². The summed E-state index contributed by atoms with van der Waals surface area (Å²) >= 11 is 12.7. The first-order chi connectivity index (χ1) is 36.5. The van der Waals surface area contributed by atoms with Crippen molar-refractivity contribution in [2.45, 2.75) is 87.2 Å². The zero-order valence-corrected chi connectivity index (χ0v) is 45.5. The second-order valence-electron chi connectivity index (χ2n) is 22.4. The Morgan fingerprint density at radius 1 is 0.579 bits per heavy atom. The van der Waals surface area contributed by atoms with Crippen LogP contribution in [0.1, 0.15) is 94.3 Å². The van der Waals surface area contributed by atoms with Crippen molar-refractivity contribution in [3.63, 3.8) is 0 Å². The van der Waals surface area contributed by atoms with Crippen LogP contribution in [0, 0.1) is 23.7 Å². The van der Waals surface area contributed by atoms with E-state index in [-0.39, 0.29) is 83.6 Å². The van der Waals surface area contributed by atoms with Crippen LogP contribution in [-0.4, -0.2) is 128 Å². The molecule has 0 aromatic heterocycles. The van der Waals surface area contributed by atoms with Crippen LogP contribution in [0.2, 0.25) is 10.0 Å². The molecule has 8 atom stereocenters. The highest BCUT2D eigenvalue weighted by molar-refractivity contribution is 7.90. The highest BCUT2D eigenvalue weighted by atomic mass is 35.5. The van der Waals surface area contributed by atoms with Gasteiger partial charge in [0.1, 0.15) is 11.5 Å². The summed E-state index contributed by atoms with van der Waals surface area (Å²) in [7, 11) is -7.78. The highest BCUT2D eigenvalue weighted by Gasteiger charge is 2.47. The smallest absolute Gasteiger partial charge is 0.264 e. The van der Waals surface area contributed by atoms with Gasteiger partial charge < -0.3 is 39.0 Å². The van der Waals surface area contributed by atoms with E-state index in [0.717, 1.165) is 85.6 Å². The first kappa shape index (κ1) is 53.3. The molecule has 0 unspecified atom stereocenters. The van der Waals surface area contributed by atoms with Gasteiger partial charge in [-0.05, 0) is 171 Å². The summed E-state index contributed by atoms with van der Waals surface area (Å²) in [6.45, 7) is 3.74. The van der Waals surface area contributed by atoms with Gasteiger partial charge in [-0.1, -0.05) is 35.3 Å². The fourth-order valence-corrected chi connectivity index (χ4v) is 15.3. The lowest BCUT2D eigenvalue weighted by Crippen LogP contribution is -2.50. The summed E-state index contributed by atoms with van der Waals surface area (Å²) in [6, 6.07) is 22.5. The Kier molecular flexibility index (Phi) is 15.1. The van der Waals surface area contributed by atoms with Crippen LogP contribution in [0.4, 0.5) is 11.4 Å². The van der Waals surface area contributed by atoms with Crippen molar-refractivity contribution in [1.82, 2.24) is 9.44 Å². The minimum Gasteiger partial charge on any atom is -0.490 e. The molecule has 0 radical (unpaired) electrons. The third-order valence-electron chi connectivity index (χ3n) is 17.5. The van der Waals surface area contributed by atoms with Gasteiger partial charge in [-0.2, -0.15) is 0 Å². The maximum absolute atomic E-state index is 13.0. The Morgan fingerprint density at radius 2 is 1.01 bits per heavy atom. The van der Waals surface area contributed by atoms with Gasteiger partial charge >= 0.3 is 0 Å². The molecule has 4 heterocycles. The van der Waals surface area contributed by atoms with E-state index in [4.69, 9.17) is 42.1 Å². The molecule has 4 aliphatic heterocycles. The number of nitrogens with zero attached hydrogens (tertiary/aromatic N) is 2. The van der Waals surface area contributed by atoms with Crippen molar-refractivity contribution in [3.05, 3.63) is 116 Å². The van der Waals surface area contributed by atoms with Gasteiger partial charge in [0.15, 0.2) is 0 Å². The van der Waals surface area contributed by atoms with Gasteiger partial charge in [-0.3, -0.25) is 9.59 Å². The molecular weight excluding hydrogens is 1060 g/mol. The quantitative estimate of drug-likeness (QED) is 0.147. The number of halogens is 2. The Labute approximate surface area is 454 Å². The number of benzene rings is 4. The number of anilines is 2. The zero-order valence-electron chi connectivity index (χ0n) is 42.4. The van der Waals surface area contributed by atoms with E-state index in [1.807, 2.05) is 12.1 Å². The Balaban J connectivity index is 0.000000162. The van der Waals surface area contributed by atoms with Gasteiger partial charge in [0.05, 0.1) is 74.7 Å². The second-order valence-corrected chi connectivity index (χ2v) is 26.9. The maximum Gasteiger partial charge on any atom is 0.264 e. The summed E-state index contributed by atoms with van der Waals surface area (Å²) in [4.78, 5) is 30.5. The lowest BCUT2D eigenvalue weighted by molar-refractivity contribution is -0.0393. The monoisotopic (exact) mass is 1120 g/mol. The normalized spacial score (nSPS) is 30.8. The predicted octanol–water partition coefficient (Wildman–Crippen LogP) is 6.58. The minimum atomic E-state index is -3.89. The van der Waals surface area contributed by atoms with Crippen LogP contribution in [0.5, 0.6) is 11.5 Å². The topological polar surface area (TPSA) is 210 Å². The van der Waals surface area contributed by atoms with Crippen LogP contribution in [0.3, 0.4) is 0 Å². The molecule has 2 saturated carbocycles. The molecule has 2 fully saturated rings. The Hall–Kier alpha value is -4.66. The third kappa shape index (κ3) is 11.0. The Morgan fingerprint density at radius 3 is 1.42 bits per heavy atom. The number of carbonyl (C=O) groups excluding carboxylic acids is 2. The number of sulfonamides is 2. The zero-order chi connectivity index (χ0) is 53.0. The maximum atomic E-state index is 13.0. The number of nitrogens with one attached hydrogen (secondary N) is 2. The van der Waals surface area contributed by atoms with Crippen molar-refractivity contribution < 1.29 is 55.6 Å². The van der Waals surface area contributed by atoms with E-state index < -0.39 is 44.1 Å². The summed E-state index contributed by atoms with van der Waals surface area (Å²) in [6.07, 6.45) is 8.35. The number of aryl methyl sites for hydroxylation is 2. The van der Waals surface area contributed by atoms with Crippen LogP contribution < -0.4 is 28.7 Å². The van der Waals surface area contributed by atoms with Crippen molar-refractivity contribution in [3.8, 4) is 11.5 Å². The molecule has 20 heteroatoms. The number of carbonyl (C=O) groups is 2. The number of hydrogen-bond donors (Lipinski definition) is 4. The van der Waals surface area contributed by atoms with E-state index in [1.165, 1.54) is 22.3 Å². The van der Waals surface area contributed by atoms with Gasteiger partial charge in [-0.25, -0.2) is 26.3 Å². The average molecular weight is 1120 g/mol. The number of amides is 2.